The van der Waals surface area contributed by atoms with Gasteiger partial charge in [0.05, 0.1) is 29.1 Å². The first-order valence-corrected chi connectivity index (χ1v) is 16.7. The van der Waals surface area contributed by atoms with Crippen molar-refractivity contribution in [2.45, 2.75) is 118 Å². The smallest absolute Gasteiger partial charge is 0.215 e. The van der Waals surface area contributed by atoms with E-state index in [1.54, 1.807) is 19.9 Å². The molecule has 0 saturated heterocycles. The average Bonchev–Trinajstić information content (AvgIpc) is 3.48. The largest absolute Gasteiger partial charge is 0.505 e. The molecule has 2 heterocycles. The van der Waals surface area contributed by atoms with Crippen molar-refractivity contribution >= 4 is 67.4 Å². The second-order valence-electron chi connectivity index (χ2n) is 13.7. The summed E-state index contributed by atoms with van der Waals surface area (Å²) in [5.74, 6) is -0.431. The molecule has 4 rings (SSSR count). The van der Waals surface area contributed by atoms with Crippen LogP contribution in [-0.2, 0) is 27.1 Å². The third-order valence-electron chi connectivity index (χ3n) is 9.09. The molecule has 1 unspecified atom stereocenters. The SMILES string of the molecule is [B]c1cc2[nH]c(C3=Nc4cc(CC)c(C(C)(C)OCCC)c([B])c4C3=O)c(O)c2c([B]CCC)c1C(C)(CC)OCCC(C)(C)O. The highest BCUT2D eigenvalue weighted by molar-refractivity contribution is 6.61. The fourth-order valence-corrected chi connectivity index (χ4v) is 6.48. The Balaban J connectivity index is 1.87. The Hall–Kier alpha value is -2.81. The summed E-state index contributed by atoms with van der Waals surface area (Å²) < 4.78 is 12.6. The van der Waals surface area contributed by atoms with Crippen molar-refractivity contribution in [2.75, 3.05) is 13.2 Å². The van der Waals surface area contributed by atoms with E-state index in [4.69, 9.17) is 30.2 Å². The fraction of sp³-hybridized carbons (Fsp3) is 0.556. The molecule has 1 atom stereocenters. The number of aromatic hydroxyl groups is 1. The van der Waals surface area contributed by atoms with Gasteiger partial charge in [-0.15, -0.1) is 0 Å². The van der Waals surface area contributed by atoms with Crippen LogP contribution in [0.1, 0.15) is 121 Å². The second kappa shape index (κ2) is 13.7. The minimum Gasteiger partial charge on any atom is -0.505 e. The predicted octanol–water partition coefficient (Wildman–Crippen LogP) is 4.96. The number of H-pyrrole nitrogens is 1. The number of hydrogen-bond donors (Lipinski definition) is 3. The van der Waals surface area contributed by atoms with Gasteiger partial charge < -0.3 is 24.7 Å². The number of ketones is 1. The number of aromatic amines is 1. The van der Waals surface area contributed by atoms with Crippen molar-refractivity contribution < 1.29 is 24.5 Å². The number of nitrogens with one attached hydrogen (secondary N) is 1. The summed E-state index contributed by atoms with van der Waals surface area (Å²) in [5.41, 5.74) is 3.52. The quantitative estimate of drug-likeness (QED) is 0.208. The fourth-order valence-electron chi connectivity index (χ4n) is 6.48. The third-order valence-corrected chi connectivity index (χ3v) is 9.09. The molecule has 0 saturated carbocycles. The highest BCUT2D eigenvalue weighted by Gasteiger charge is 2.37. The molecule has 0 aliphatic carbocycles. The predicted molar refractivity (Wildman–Crippen MR) is 191 cm³/mol. The summed E-state index contributed by atoms with van der Waals surface area (Å²) in [6.07, 6.45) is 4.24. The van der Waals surface area contributed by atoms with Crippen LogP contribution in [0.3, 0.4) is 0 Å². The number of fused-ring (bicyclic) bond motifs is 2. The molecule has 0 fully saturated rings. The van der Waals surface area contributed by atoms with Gasteiger partial charge in [0.2, 0.25) is 5.78 Å². The van der Waals surface area contributed by atoms with E-state index in [1.807, 2.05) is 40.7 Å². The number of carbonyl (C=O) groups excluding carboxylic acids is 1. The molecular weight excluding hydrogens is 573 g/mol. The molecule has 2 aromatic carbocycles. The zero-order chi connectivity index (χ0) is 34.2. The number of hydrogen-bond acceptors (Lipinski definition) is 6. The lowest BCUT2D eigenvalue weighted by Crippen LogP contribution is -2.41. The first-order valence-electron chi connectivity index (χ1n) is 16.7. The first-order chi connectivity index (χ1) is 21.5. The van der Waals surface area contributed by atoms with Crippen LogP contribution in [0.15, 0.2) is 17.1 Å². The van der Waals surface area contributed by atoms with Gasteiger partial charge in [0.25, 0.3) is 0 Å². The Morgan fingerprint density at radius 3 is 2.26 bits per heavy atom. The summed E-state index contributed by atoms with van der Waals surface area (Å²) in [7, 11) is 15.6. The molecule has 241 valence electrons. The lowest BCUT2D eigenvalue weighted by atomic mass is 9.59. The van der Waals surface area contributed by atoms with Crippen LogP contribution in [-0.4, -0.2) is 68.5 Å². The Morgan fingerprint density at radius 2 is 1.67 bits per heavy atom. The highest BCUT2D eigenvalue weighted by Crippen LogP contribution is 2.39. The number of aromatic nitrogens is 1. The lowest BCUT2D eigenvalue weighted by molar-refractivity contribution is -0.0615. The number of nitrogens with zero attached hydrogens (tertiary/aromatic N) is 1. The standard InChI is InChI=1S/C36H48B3N2O5/c1-10-15-39-29-25-23(19-21(37)27(29)36(9,13-4)46-17-14-34(5,6)44)41-31(33(25)43)30-32(42)24-22(40-30)18-20(12-3)26(28(24)38)35(7,8)45-16-11-2/h18-19,41,43-44H,10-17H2,1-9H3. The summed E-state index contributed by atoms with van der Waals surface area (Å²) in [4.78, 5) is 22.1. The molecule has 0 amide bonds. The maximum atomic E-state index is 14.1. The first kappa shape index (κ1) is 36.0. The van der Waals surface area contributed by atoms with E-state index < -0.39 is 16.8 Å². The van der Waals surface area contributed by atoms with Crippen molar-refractivity contribution in [3.05, 3.63) is 40.1 Å². The minimum absolute atomic E-state index is 0.0745. The summed E-state index contributed by atoms with van der Waals surface area (Å²) in [5, 5.41) is 22.7. The summed E-state index contributed by atoms with van der Waals surface area (Å²) in [6.45, 7) is 18.5. The Bertz CT molecular complexity index is 1650. The number of ether oxygens (including phenoxy) is 2. The molecule has 0 bridgehead atoms. The zero-order valence-electron chi connectivity index (χ0n) is 29.1. The number of aryl methyl sites for hydroxylation is 1. The molecule has 1 aromatic heterocycles. The van der Waals surface area contributed by atoms with Gasteiger partial charge in [0.15, 0.2) is 7.28 Å². The Kier molecular flexibility index (Phi) is 10.8. The molecule has 7 nitrogen and oxygen atoms in total. The lowest BCUT2D eigenvalue weighted by Gasteiger charge is -2.35. The molecular formula is C36H48B3N2O5. The van der Waals surface area contributed by atoms with Crippen LogP contribution >= 0.6 is 0 Å². The van der Waals surface area contributed by atoms with Crippen LogP contribution in [0.25, 0.3) is 10.9 Å². The van der Waals surface area contributed by atoms with Crippen LogP contribution in [0, 0.1) is 0 Å². The molecule has 1 aliphatic heterocycles. The molecule has 5 radical (unpaired) electrons. The van der Waals surface area contributed by atoms with Crippen LogP contribution < -0.4 is 16.4 Å². The van der Waals surface area contributed by atoms with Gasteiger partial charge in [-0.3, -0.25) is 4.79 Å². The van der Waals surface area contributed by atoms with Crippen molar-refractivity contribution in [2.24, 2.45) is 4.99 Å². The monoisotopic (exact) mass is 621 g/mol. The summed E-state index contributed by atoms with van der Waals surface area (Å²) in [6, 6.07) is 3.70. The van der Waals surface area contributed by atoms with Crippen molar-refractivity contribution in [1.29, 1.82) is 0 Å². The number of carbonyl (C=O) groups is 1. The van der Waals surface area contributed by atoms with Gasteiger partial charge in [-0.2, -0.15) is 0 Å². The number of aliphatic hydroxyl groups is 1. The Morgan fingerprint density at radius 1 is 0.978 bits per heavy atom. The maximum Gasteiger partial charge on any atom is 0.215 e. The molecule has 46 heavy (non-hydrogen) atoms. The normalized spacial score (nSPS) is 14.9. The van der Waals surface area contributed by atoms with Gasteiger partial charge in [-0.25, -0.2) is 4.99 Å². The van der Waals surface area contributed by atoms with E-state index >= 15 is 0 Å². The van der Waals surface area contributed by atoms with Crippen molar-refractivity contribution in [3.8, 4) is 5.75 Å². The zero-order valence-corrected chi connectivity index (χ0v) is 29.1. The minimum atomic E-state index is -0.873. The molecule has 10 heteroatoms. The Labute approximate surface area is 278 Å². The number of rotatable bonds is 15. The van der Waals surface area contributed by atoms with E-state index in [-0.39, 0.29) is 22.9 Å². The number of Topliss-reactive ketones (excluding diaryl/α,β-unsaturated/α-hetero) is 1. The summed E-state index contributed by atoms with van der Waals surface area (Å²) >= 11 is 0. The van der Waals surface area contributed by atoms with Gasteiger partial charge in [-0.05, 0) is 89.1 Å². The van der Waals surface area contributed by atoms with Gasteiger partial charge in [0, 0.05) is 23.1 Å². The number of benzene rings is 2. The second-order valence-corrected chi connectivity index (χ2v) is 13.7. The van der Waals surface area contributed by atoms with Crippen LogP contribution in [0.4, 0.5) is 5.69 Å². The number of aliphatic imine (C=N–C) groups is 1. The van der Waals surface area contributed by atoms with E-state index in [2.05, 4.69) is 26.1 Å². The topological polar surface area (TPSA) is 104 Å². The van der Waals surface area contributed by atoms with E-state index in [0.717, 1.165) is 41.3 Å². The molecule has 0 spiro atoms. The third kappa shape index (κ3) is 6.76. The van der Waals surface area contributed by atoms with Crippen molar-refractivity contribution in [3.63, 3.8) is 0 Å². The molecule has 3 N–H and O–H groups in total. The molecule has 3 aromatic rings. The van der Waals surface area contributed by atoms with Gasteiger partial charge in [0.1, 0.15) is 32.8 Å². The van der Waals surface area contributed by atoms with E-state index in [0.29, 0.717) is 65.6 Å². The average molecular weight is 621 g/mol. The van der Waals surface area contributed by atoms with Gasteiger partial charge >= 0.3 is 0 Å². The van der Waals surface area contributed by atoms with Crippen LogP contribution in [0.5, 0.6) is 5.75 Å². The molecule has 1 aliphatic rings. The highest BCUT2D eigenvalue weighted by atomic mass is 16.5. The maximum absolute atomic E-state index is 14.1. The van der Waals surface area contributed by atoms with E-state index in [1.165, 1.54) is 0 Å². The van der Waals surface area contributed by atoms with Gasteiger partial charge in [-0.1, -0.05) is 56.8 Å². The van der Waals surface area contributed by atoms with Crippen LogP contribution in [0.2, 0.25) is 6.32 Å². The van der Waals surface area contributed by atoms with Crippen molar-refractivity contribution in [1.82, 2.24) is 4.98 Å². The van der Waals surface area contributed by atoms with E-state index in [9.17, 15) is 15.0 Å².